The minimum atomic E-state index is -0.893. The van der Waals surface area contributed by atoms with E-state index in [1.165, 1.54) is 0 Å². The molecular weight excluding hydrogens is 438 g/mol. The molecule has 0 saturated heterocycles. The Hall–Kier alpha value is -2.03. The van der Waals surface area contributed by atoms with Crippen molar-refractivity contribution in [2.45, 2.75) is 65.5 Å². The second-order valence-corrected chi connectivity index (χ2v) is 9.91. The van der Waals surface area contributed by atoms with Crippen molar-refractivity contribution in [3.05, 3.63) is 17.7 Å². The number of rotatable bonds is 15. The molecule has 1 aromatic carbocycles. The van der Waals surface area contributed by atoms with Gasteiger partial charge in [-0.2, -0.15) is 0 Å². The summed E-state index contributed by atoms with van der Waals surface area (Å²) in [6, 6.07) is 3.49. The number of carboxylic acids is 1. The number of hydrogen-bond acceptors (Lipinski definition) is 7. The zero-order chi connectivity index (χ0) is 25.3. The Balaban J connectivity index is 2.12. The second kappa shape index (κ2) is 13.8. The molecule has 34 heavy (non-hydrogen) atoms. The zero-order valence-corrected chi connectivity index (χ0v) is 21.3. The van der Waals surface area contributed by atoms with Crippen LogP contribution >= 0.6 is 0 Å². The lowest BCUT2D eigenvalue weighted by Gasteiger charge is -2.29. The third-order valence-electron chi connectivity index (χ3n) is 6.55. The highest BCUT2D eigenvalue weighted by Gasteiger charge is 2.30. The lowest BCUT2D eigenvalue weighted by atomic mass is 9.81. The predicted octanol–water partition coefficient (Wildman–Crippen LogP) is 3.51. The van der Waals surface area contributed by atoms with Crippen LogP contribution in [0.2, 0.25) is 0 Å². The fourth-order valence-electron chi connectivity index (χ4n) is 4.28. The van der Waals surface area contributed by atoms with Gasteiger partial charge in [0.25, 0.3) is 0 Å². The normalized spacial score (nSPS) is 16.9. The van der Waals surface area contributed by atoms with E-state index in [0.29, 0.717) is 56.0 Å². The lowest BCUT2D eigenvalue weighted by Crippen LogP contribution is -2.40. The van der Waals surface area contributed by atoms with Crippen LogP contribution in [0.5, 0.6) is 17.2 Å². The summed E-state index contributed by atoms with van der Waals surface area (Å²) in [5, 5.41) is 20.1. The Morgan fingerprint density at radius 2 is 1.79 bits per heavy atom. The Labute approximate surface area is 203 Å². The molecular formula is C26H43NO7. The van der Waals surface area contributed by atoms with E-state index in [2.05, 4.69) is 13.8 Å². The summed E-state index contributed by atoms with van der Waals surface area (Å²) in [5.41, 5.74) is 7.42. The Morgan fingerprint density at radius 3 is 2.41 bits per heavy atom. The van der Waals surface area contributed by atoms with Gasteiger partial charge < -0.3 is 34.9 Å². The standard InChI is InChI=1S/C26H43NO7/c1-16(2)19(14-21(27)22(28)15-20(17(3)4)26(29)30)11-18-12-23(32-8-6-7-31-5)25-24(13-18)33-9-10-34-25/h12-13,16-17,19-22,28H,6-11,14-15,27H2,1-5H3,(H,29,30)/t19-,20-,21-,22-/m0/s1. The molecule has 8 heteroatoms. The molecule has 1 aromatic rings. The van der Waals surface area contributed by atoms with Crippen molar-refractivity contribution in [1.82, 2.24) is 0 Å². The van der Waals surface area contributed by atoms with Crippen molar-refractivity contribution in [3.8, 4) is 17.2 Å². The van der Waals surface area contributed by atoms with Gasteiger partial charge in [-0.05, 0) is 54.7 Å². The van der Waals surface area contributed by atoms with Crippen molar-refractivity contribution in [2.75, 3.05) is 33.5 Å². The van der Waals surface area contributed by atoms with E-state index in [1.54, 1.807) is 7.11 Å². The maximum Gasteiger partial charge on any atom is 0.306 e. The first-order valence-electron chi connectivity index (χ1n) is 12.3. The summed E-state index contributed by atoms with van der Waals surface area (Å²) >= 11 is 0. The van der Waals surface area contributed by atoms with Crippen LogP contribution in [0.25, 0.3) is 0 Å². The van der Waals surface area contributed by atoms with Gasteiger partial charge in [-0.15, -0.1) is 0 Å². The van der Waals surface area contributed by atoms with Gasteiger partial charge in [0.05, 0.1) is 18.6 Å². The smallest absolute Gasteiger partial charge is 0.306 e. The van der Waals surface area contributed by atoms with E-state index in [-0.39, 0.29) is 18.3 Å². The fraction of sp³-hybridized carbons (Fsp3) is 0.731. The van der Waals surface area contributed by atoms with Crippen LogP contribution in [0.4, 0.5) is 0 Å². The molecule has 0 aliphatic carbocycles. The van der Waals surface area contributed by atoms with E-state index in [9.17, 15) is 15.0 Å². The summed E-state index contributed by atoms with van der Waals surface area (Å²) in [4.78, 5) is 11.5. The molecule has 1 aliphatic rings. The highest BCUT2D eigenvalue weighted by molar-refractivity contribution is 5.70. The molecule has 4 atom stereocenters. The van der Waals surface area contributed by atoms with Crippen LogP contribution in [0.1, 0.15) is 52.5 Å². The number of carbonyl (C=O) groups is 1. The molecule has 0 spiro atoms. The van der Waals surface area contributed by atoms with Gasteiger partial charge in [0.1, 0.15) is 13.2 Å². The molecule has 1 heterocycles. The number of benzene rings is 1. The summed E-state index contributed by atoms with van der Waals surface area (Å²) < 4.78 is 22.7. The predicted molar refractivity (Wildman–Crippen MR) is 131 cm³/mol. The van der Waals surface area contributed by atoms with E-state index >= 15 is 0 Å². The number of aliphatic hydroxyl groups is 1. The third kappa shape index (κ3) is 8.32. The van der Waals surface area contributed by atoms with E-state index in [4.69, 9.17) is 24.7 Å². The average Bonchev–Trinajstić information content (AvgIpc) is 2.78. The van der Waals surface area contributed by atoms with Crippen molar-refractivity contribution < 1.29 is 34.0 Å². The van der Waals surface area contributed by atoms with Crippen LogP contribution < -0.4 is 19.9 Å². The molecule has 0 bridgehead atoms. The molecule has 0 saturated carbocycles. The molecule has 194 valence electrons. The summed E-state index contributed by atoms with van der Waals surface area (Å²) in [6.45, 7) is 10.1. The van der Waals surface area contributed by atoms with Crippen LogP contribution in [-0.2, 0) is 16.0 Å². The number of methoxy groups -OCH3 is 1. The van der Waals surface area contributed by atoms with Crippen molar-refractivity contribution >= 4 is 5.97 Å². The van der Waals surface area contributed by atoms with Crippen LogP contribution in [0.15, 0.2) is 12.1 Å². The maximum absolute atomic E-state index is 11.5. The minimum Gasteiger partial charge on any atom is -0.489 e. The van der Waals surface area contributed by atoms with Crippen LogP contribution in [0.3, 0.4) is 0 Å². The summed E-state index contributed by atoms with van der Waals surface area (Å²) in [5.74, 6) is 0.906. The summed E-state index contributed by atoms with van der Waals surface area (Å²) in [6.07, 6.45) is 1.37. The quantitative estimate of drug-likeness (QED) is 0.326. The molecule has 0 fully saturated rings. The van der Waals surface area contributed by atoms with Gasteiger partial charge in [0.15, 0.2) is 11.5 Å². The Kier molecular flexibility index (Phi) is 11.4. The first-order chi connectivity index (χ1) is 16.1. The van der Waals surface area contributed by atoms with Gasteiger partial charge in [0, 0.05) is 26.2 Å². The highest BCUT2D eigenvalue weighted by Crippen LogP contribution is 2.41. The van der Waals surface area contributed by atoms with Crippen molar-refractivity contribution in [1.29, 1.82) is 0 Å². The number of nitrogens with two attached hydrogens (primary N) is 1. The number of carboxylic acid groups (broad SMARTS) is 1. The molecule has 8 nitrogen and oxygen atoms in total. The number of aliphatic hydroxyl groups excluding tert-OH is 1. The van der Waals surface area contributed by atoms with E-state index < -0.39 is 24.0 Å². The molecule has 0 radical (unpaired) electrons. The summed E-state index contributed by atoms with van der Waals surface area (Å²) in [7, 11) is 1.66. The third-order valence-corrected chi connectivity index (χ3v) is 6.55. The van der Waals surface area contributed by atoms with E-state index in [1.807, 2.05) is 26.0 Å². The van der Waals surface area contributed by atoms with Crippen LogP contribution in [-0.4, -0.2) is 61.9 Å². The molecule has 0 unspecified atom stereocenters. The monoisotopic (exact) mass is 481 g/mol. The molecule has 1 aliphatic heterocycles. The topological polar surface area (TPSA) is 120 Å². The average molecular weight is 482 g/mol. The first-order valence-corrected chi connectivity index (χ1v) is 12.3. The number of ether oxygens (including phenoxy) is 4. The van der Waals surface area contributed by atoms with Gasteiger partial charge in [-0.3, -0.25) is 4.79 Å². The van der Waals surface area contributed by atoms with Gasteiger partial charge in [0.2, 0.25) is 5.75 Å². The lowest BCUT2D eigenvalue weighted by molar-refractivity contribution is -0.144. The van der Waals surface area contributed by atoms with Gasteiger partial charge in [-0.1, -0.05) is 27.7 Å². The second-order valence-electron chi connectivity index (χ2n) is 9.91. The van der Waals surface area contributed by atoms with Crippen molar-refractivity contribution in [3.63, 3.8) is 0 Å². The number of aliphatic carboxylic acids is 1. The Bertz CT molecular complexity index is 768. The molecule has 4 N–H and O–H groups in total. The number of fused-ring (bicyclic) bond motifs is 1. The minimum absolute atomic E-state index is 0.0692. The van der Waals surface area contributed by atoms with E-state index in [0.717, 1.165) is 18.4 Å². The molecule has 0 aromatic heterocycles. The zero-order valence-electron chi connectivity index (χ0n) is 21.3. The molecule has 2 rings (SSSR count). The Morgan fingerprint density at radius 1 is 1.09 bits per heavy atom. The molecule has 0 amide bonds. The van der Waals surface area contributed by atoms with Crippen LogP contribution in [0, 0.1) is 23.7 Å². The van der Waals surface area contributed by atoms with Crippen molar-refractivity contribution in [2.24, 2.45) is 29.4 Å². The first kappa shape index (κ1) is 28.2. The SMILES string of the molecule is COCCCOc1cc(C[C@@H](C[C@H](N)[C@@H](O)C[C@H](C(=O)O)C(C)C)C(C)C)cc2c1OCCO2. The van der Waals surface area contributed by atoms with Gasteiger partial charge in [-0.25, -0.2) is 0 Å². The largest absolute Gasteiger partial charge is 0.489 e. The number of hydrogen-bond donors (Lipinski definition) is 3. The maximum atomic E-state index is 11.5. The van der Waals surface area contributed by atoms with Gasteiger partial charge >= 0.3 is 5.97 Å². The highest BCUT2D eigenvalue weighted by atomic mass is 16.6. The fourth-order valence-corrected chi connectivity index (χ4v) is 4.28.